The molecule has 1 aliphatic rings. The number of carbonyl (C=O) groups is 3. The fraction of sp³-hybridized carbons (Fsp3) is 0.375. The minimum atomic E-state index is -1.64. The Morgan fingerprint density at radius 3 is 2.38 bits per heavy atom. The predicted molar refractivity (Wildman–Crippen MR) is 139 cm³/mol. The monoisotopic (exact) mass is 560 g/mol. The molecule has 0 saturated heterocycles. The van der Waals surface area contributed by atoms with Crippen LogP contribution in [0.15, 0.2) is 36.4 Å². The lowest BCUT2D eigenvalue weighted by Crippen LogP contribution is -2.55. The van der Waals surface area contributed by atoms with Crippen molar-refractivity contribution >= 4 is 42.8 Å². The number of halogens is 3. The second-order valence-corrected chi connectivity index (χ2v) is 8.44. The number of hydrogen-bond donors (Lipinski definition) is 5. The summed E-state index contributed by atoms with van der Waals surface area (Å²) in [6.07, 6.45) is -2.73. The molecule has 0 fully saturated rings. The van der Waals surface area contributed by atoms with Gasteiger partial charge in [0, 0.05) is 19.9 Å². The summed E-state index contributed by atoms with van der Waals surface area (Å²) in [4.78, 5) is 38.5. The van der Waals surface area contributed by atoms with Gasteiger partial charge < -0.3 is 36.6 Å². The van der Waals surface area contributed by atoms with Crippen LogP contribution >= 0.6 is 24.8 Å². The Labute approximate surface area is 226 Å². The molecular weight excluding hydrogens is 530 g/mol. The third kappa shape index (κ3) is 7.93. The molecule has 0 radical (unpaired) electrons. The molecule has 3 unspecified atom stereocenters. The largest absolute Gasteiger partial charge is 0.508 e. The van der Waals surface area contributed by atoms with E-state index < -0.39 is 42.1 Å². The molecule has 2 amide bonds. The van der Waals surface area contributed by atoms with Crippen LogP contribution < -0.4 is 16.8 Å². The molecule has 3 rings (SSSR count). The Bertz CT molecular complexity index is 1120. The SMILES string of the molecule is CN1C(=O)C(CCCN)NC(=O)C(N)Cc2cc(ccc2O)-c2ccc(F)c(c2)CC1OC(=O)O.Cl.Cl. The molecule has 13 heteroatoms. The third-order valence-corrected chi connectivity index (χ3v) is 5.96. The van der Waals surface area contributed by atoms with Crippen molar-refractivity contribution in [3.8, 4) is 16.9 Å². The zero-order valence-corrected chi connectivity index (χ0v) is 21.7. The number of aromatic hydroxyl groups is 1. The molecule has 2 aromatic carbocycles. The highest BCUT2D eigenvalue weighted by Gasteiger charge is 2.32. The maximum atomic E-state index is 14.7. The van der Waals surface area contributed by atoms with E-state index >= 15 is 0 Å². The summed E-state index contributed by atoms with van der Waals surface area (Å²) in [5, 5.41) is 22.2. The number of nitrogens with two attached hydrogens (primary N) is 2. The van der Waals surface area contributed by atoms with Crippen molar-refractivity contribution in [3.63, 3.8) is 0 Å². The van der Waals surface area contributed by atoms with Gasteiger partial charge in [-0.25, -0.2) is 9.18 Å². The van der Waals surface area contributed by atoms with Crippen LogP contribution in [0, 0.1) is 5.82 Å². The van der Waals surface area contributed by atoms with Crippen molar-refractivity contribution in [2.75, 3.05) is 13.6 Å². The van der Waals surface area contributed by atoms with E-state index in [2.05, 4.69) is 5.32 Å². The van der Waals surface area contributed by atoms with Gasteiger partial charge in [-0.15, -0.1) is 24.8 Å². The fourth-order valence-electron chi connectivity index (χ4n) is 3.98. The number of ether oxygens (including phenoxy) is 1. The molecule has 1 aliphatic heterocycles. The van der Waals surface area contributed by atoms with Crippen LogP contribution in [0.4, 0.5) is 9.18 Å². The van der Waals surface area contributed by atoms with Crippen LogP contribution in [0.1, 0.15) is 24.0 Å². The topological polar surface area (TPSA) is 168 Å². The Morgan fingerprint density at radius 2 is 1.76 bits per heavy atom. The van der Waals surface area contributed by atoms with Gasteiger partial charge >= 0.3 is 6.16 Å². The quantitative estimate of drug-likeness (QED) is 0.354. The van der Waals surface area contributed by atoms with Crippen molar-refractivity contribution in [1.82, 2.24) is 10.2 Å². The lowest BCUT2D eigenvalue weighted by Gasteiger charge is -2.31. The number of carbonyl (C=O) groups excluding carboxylic acids is 2. The van der Waals surface area contributed by atoms with E-state index in [1.807, 2.05) is 0 Å². The van der Waals surface area contributed by atoms with Gasteiger partial charge in [0.15, 0.2) is 6.23 Å². The van der Waals surface area contributed by atoms with Crippen molar-refractivity contribution in [2.45, 2.75) is 44.0 Å². The fourth-order valence-corrected chi connectivity index (χ4v) is 3.98. The number of rotatable bonds is 4. The van der Waals surface area contributed by atoms with Gasteiger partial charge in [0.2, 0.25) is 11.8 Å². The maximum absolute atomic E-state index is 14.7. The van der Waals surface area contributed by atoms with Crippen molar-refractivity contribution in [1.29, 1.82) is 0 Å². The van der Waals surface area contributed by atoms with Gasteiger partial charge in [0.1, 0.15) is 17.6 Å². The summed E-state index contributed by atoms with van der Waals surface area (Å²) < 4.78 is 19.7. The van der Waals surface area contributed by atoms with E-state index in [0.717, 1.165) is 4.90 Å². The Kier molecular flexibility index (Phi) is 12.1. The molecule has 10 nitrogen and oxygen atoms in total. The standard InChI is InChI=1S/C24H29FN4O6.2ClH/c1-29-21(35-24(33)34)12-15-9-13(4-6-17(15)25)14-5-7-20(30)16(10-14)11-18(27)22(31)28-19(23(29)32)3-2-8-26;;/h4-7,9-10,18-19,21,30H,2-3,8,11-12,26-27H2,1H3,(H,28,31)(H,33,34);2*1H. The lowest BCUT2D eigenvalue weighted by atomic mass is 9.96. The summed E-state index contributed by atoms with van der Waals surface area (Å²) in [5.41, 5.74) is 13.4. The van der Waals surface area contributed by atoms with Crippen LogP contribution in [0.3, 0.4) is 0 Å². The highest BCUT2D eigenvalue weighted by atomic mass is 35.5. The molecule has 0 spiro atoms. The van der Waals surface area contributed by atoms with Gasteiger partial charge in [-0.3, -0.25) is 9.59 Å². The smallest absolute Gasteiger partial charge is 0.507 e. The normalized spacial score (nSPS) is 19.9. The van der Waals surface area contributed by atoms with Crippen LogP contribution in [0.2, 0.25) is 0 Å². The van der Waals surface area contributed by atoms with Crippen LogP contribution in [0.25, 0.3) is 11.1 Å². The molecule has 1 heterocycles. The summed E-state index contributed by atoms with van der Waals surface area (Å²) in [7, 11) is 1.32. The lowest BCUT2D eigenvalue weighted by molar-refractivity contribution is -0.144. The number of phenolic OH excluding ortho intramolecular Hbond substituents is 1. The van der Waals surface area contributed by atoms with E-state index in [1.165, 1.54) is 31.3 Å². The summed E-state index contributed by atoms with van der Waals surface area (Å²) in [5.74, 6) is -1.93. The number of benzene rings is 2. The average molecular weight is 561 g/mol. The number of fused-ring (bicyclic) bond motifs is 5. The molecule has 204 valence electrons. The van der Waals surface area contributed by atoms with Gasteiger partial charge in [-0.1, -0.05) is 12.1 Å². The van der Waals surface area contributed by atoms with Crippen molar-refractivity contribution in [2.24, 2.45) is 11.5 Å². The van der Waals surface area contributed by atoms with Gasteiger partial charge in [-0.05, 0) is 65.9 Å². The zero-order chi connectivity index (χ0) is 25.7. The molecule has 37 heavy (non-hydrogen) atoms. The molecule has 0 saturated carbocycles. The first-order chi connectivity index (χ1) is 16.6. The summed E-state index contributed by atoms with van der Waals surface area (Å²) >= 11 is 0. The number of carboxylic acid groups (broad SMARTS) is 1. The van der Waals surface area contributed by atoms with Crippen molar-refractivity contribution < 1.29 is 33.7 Å². The minimum Gasteiger partial charge on any atom is -0.508 e. The van der Waals surface area contributed by atoms with E-state index in [0.29, 0.717) is 23.1 Å². The molecule has 0 aromatic heterocycles. The van der Waals surface area contributed by atoms with Crippen LogP contribution in [-0.4, -0.2) is 65.0 Å². The number of likely N-dealkylation sites (N-methyl/N-ethyl adjacent to an activating group) is 1. The third-order valence-electron chi connectivity index (χ3n) is 5.96. The summed E-state index contributed by atoms with van der Waals surface area (Å²) in [6.45, 7) is 0.253. The first-order valence-electron chi connectivity index (χ1n) is 11.1. The number of hydrogen-bond acceptors (Lipinski definition) is 7. The van der Waals surface area contributed by atoms with E-state index in [-0.39, 0.29) is 61.9 Å². The van der Waals surface area contributed by atoms with E-state index in [4.69, 9.17) is 16.2 Å². The Morgan fingerprint density at radius 1 is 1.14 bits per heavy atom. The molecule has 3 atom stereocenters. The highest BCUT2D eigenvalue weighted by Crippen LogP contribution is 2.29. The van der Waals surface area contributed by atoms with E-state index in [9.17, 15) is 29.0 Å². The molecule has 0 aliphatic carbocycles. The number of amides is 2. The number of phenols is 1. The number of nitrogens with one attached hydrogen (secondary N) is 1. The Hall–Kier alpha value is -3.12. The number of nitrogens with zero attached hydrogens (tertiary/aromatic N) is 1. The first-order valence-corrected chi connectivity index (χ1v) is 11.1. The van der Waals surface area contributed by atoms with E-state index in [1.54, 1.807) is 12.1 Å². The van der Waals surface area contributed by atoms with Crippen molar-refractivity contribution in [3.05, 3.63) is 53.3 Å². The zero-order valence-electron chi connectivity index (χ0n) is 20.1. The molecule has 7 N–H and O–H groups in total. The van der Waals surface area contributed by atoms with Gasteiger partial charge in [0.05, 0.1) is 6.04 Å². The highest BCUT2D eigenvalue weighted by molar-refractivity contribution is 5.90. The maximum Gasteiger partial charge on any atom is 0.507 e. The van der Waals surface area contributed by atoms with Gasteiger partial charge in [0.25, 0.3) is 0 Å². The Balaban J connectivity index is 0.00000342. The summed E-state index contributed by atoms with van der Waals surface area (Å²) in [6, 6.07) is 6.86. The van der Waals surface area contributed by atoms with Crippen LogP contribution in [-0.2, 0) is 27.2 Å². The molecule has 2 aromatic rings. The molecular formula is C24H31Cl2FN4O6. The predicted octanol–water partition coefficient (Wildman–Crippen LogP) is 2.17. The second-order valence-electron chi connectivity index (χ2n) is 8.44. The van der Waals surface area contributed by atoms with Crippen LogP contribution in [0.5, 0.6) is 5.75 Å². The average Bonchev–Trinajstić information content (AvgIpc) is 2.82. The minimum absolute atomic E-state index is 0. The molecule has 4 bridgehead atoms. The van der Waals surface area contributed by atoms with Gasteiger partial charge in [-0.2, -0.15) is 0 Å². The first kappa shape index (κ1) is 31.9. The second kappa shape index (κ2) is 14.0.